The molecule has 0 aliphatic heterocycles. The van der Waals surface area contributed by atoms with Crippen LogP contribution in [0.4, 0.5) is 18.9 Å². The van der Waals surface area contributed by atoms with Gasteiger partial charge < -0.3 is 0 Å². The van der Waals surface area contributed by atoms with Gasteiger partial charge in [0.1, 0.15) is 0 Å². The van der Waals surface area contributed by atoms with Gasteiger partial charge in [-0.25, -0.2) is 4.68 Å². The van der Waals surface area contributed by atoms with Gasteiger partial charge in [0, 0.05) is 12.6 Å². The summed E-state index contributed by atoms with van der Waals surface area (Å²) < 4.78 is 65.0. The van der Waals surface area contributed by atoms with Gasteiger partial charge in [0.2, 0.25) is 0 Å². The molecule has 0 aliphatic carbocycles. The molecule has 0 fully saturated rings. The van der Waals surface area contributed by atoms with Crippen LogP contribution in [0.2, 0.25) is 0 Å². The van der Waals surface area contributed by atoms with Gasteiger partial charge in [0.25, 0.3) is 10.0 Å². The average Bonchev–Trinajstić information content (AvgIpc) is 2.94. The minimum atomic E-state index is -4.49. The number of para-hydroxylation sites is 1. The van der Waals surface area contributed by atoms with Gasteiger partial charge in [-0.1, -0.05) is 23.4 Å². The molecule has 0 spiro atoms. The lowest BCUT2D eigenvalue weighted by Gasteiger charge is -2.11. The van der Waals surface area contributed by atoms with Gasteiger partial charge in [-0.3, -0.25) is 4.72 Å². The number of aryl methyl sites for hydroxylation is 1. The first-order valence-corrected chi connectivity index (χ1v) is 7.97. The van der Waals surface area contributed by atoms with E-state index in [2.05, 4.69) is 15.0 Å². The van der Waals surface area contributed by atoms with Crippen LogP contribution in [0, 0.1) is 0 Å². The van der Waals surface area contributed by atoms with Crippen LogP contribution in [-0.2, 0) is 16.6 Å². The number of nitrogens with one attached hydrogen (secondary N) is 1. The molecular formula is C13H13F3N4O2S. The van der Waals surface area contributed by atoms with E-state index in [9.17, 15) is 21.6 Å². The van der Waals surface area contributed by atoms with E-state index in [-0.39, 0.29) is 28.9 Å². The van der Waals surface area contributed by atoms with Crippen LogP contribution in [-0.4, -0.2) is 29.6 Å². The Labute approximate surface area is 130 Å². The Morgan fingerprint density at radius 3 is 2.65 bits per heavy atom. The second-order valence-corrected chi connectivity index (χ2v) is 6.08. The molecule has 0 unspecified atom stereocenters. The number of hydrogen-bond acceptors (Lipinski definition) is 4. The summed E-state index contributed by atoms with van der Waals surface area (Å²) in [5, 5.41) is 6.97. The predicted molar refractivity (Wildman–Crippen MR) is 78.0 cm³/mol. The largest absolute Gasteiger partial charge is 0.409 e. The maximum atomic E-state index is 12.3. The van der Waals surface area contributed by atoms with Crippen LogP contribution in [0.15, 0.2) is 41.6 Å². The van der Waals surface area contributed by atoms with Crippen molar-refractivity contribution >= 4 is 21.8 Å². The number of halogens is 3. The number of aromatic nitrogens is 3. The maximum absolute atomic E-state index is 12.3. The molecule has 0 saturated carbocycles. The normalized spacial score (nSPS) is 12.7. The van der Waals surface area contributed by atoms with Crippen molar-refractivity contribution in [2.75, 3.05) is 4.72 Å². The zero-order valence-electron chi connectivity index (χ0n) is 11.9. The third-order valence-electron chi connectivity index (χ3n) is 2.81. The number of rotatable bonds is 5. The topological polar surface area (TPSA) is 76.9 Å². The minimum absolute atomic E-state index is 0.0249. The van der Waals surface area contributed by atoms with E-state index in [4.69, 9.17) is 0 Å². The minimum Gasteiger partial charge on any atom is -0.278 e. The number of allylic oxidation sites excluding steroid dienone is 1. The Hall–Kier alpha value is -2.36. The number of benzene rings is 1. The number of anilines is 1. The monoisotopic (exact) mass is 346 g/mol. The second kappa shape index (κ2) is 6.41. The highest BCUT2D eigenvalue weighted by atomic mass is 32.2. The summed E-state index contributed by atoms with van der Waals surface area (Å²) in [6.45, 7) is 1.97. The number of nitrogens with zero attached hydrogens (tertiary/aromatic N) is 3. The summed E-state index contributed by atoms with van der Waals surface area (Å²) in [4.78, 5) is 0. The molecule has 1 heterocycles. The molecule has 0 bridgehead atoms. The van der Waals surface area contributed by atoms with E-state index in [1.54, 1.807) is 6.92 Å². The van der Waals surface area contributed by atoms with Gasteiger partial charge in [-0.2, -0.15) is 21.6 Å². The highest BCUT2D eigenvalue weighted by Crippen LogP contribution is 2.24. The molecule has 0 saturated heterocycles. The fourth-order valence-corrected chi connectivity index (χ4v) is 3.00. The summed E-state index contributed by atoms with van der Waals surface area (Å²) in [6, 6.07) is 5.76. The molecule has 0 aliphatic rings. The fraction of sp³-hybridized carbons (Fsp3) is 0.231. The van der Waals surface area contributed by atoms with Crippen molar-refractivity contribution in [2.45, 2.75) is 24.7 Å². The van der Waals surface area contributed by atoms with Crippen LogP contribution in [0.3, 0.4) is 0 Å². The Morgan fingerprint density at radius 2 is 2.00 bits per heavy atom. The molecule has 2 aromatic rings. The van der Waals surface area contributed by atoms with Crippen molar-refractivity contribution < 1.29 is 21.6 Å². The molecule has 1 N–H and O–H groups in total. The van der Waals surface area contributed by atoms with Crippen LogP contribution in [0.5, 0.6) is 0 Å². The Kier molecular flexibility index (Phi) is 4.73. The van der Waals surface area contributed by atoms with Crippen molar-refractivity contribution in [1.29, 1.82) is 0 Å². The molecule has 10 heteroatoms. The summed E-state index contributed by atoms with van der Waals surface area (Å²) >= 11 is 0. The molecule has 0 atom stereocenters. The summed E-state index contributed by atoms with van der Waals surface area (Å²) in [5.74, 6) is 0. The maximum Gasteiger partial charge on any atom is 0.409 e. The molecule has 0 amide bonds. The predicted octanol–water partition coefficient (Wildman–Crippen LogP) is 2.67. The van der Waals surface area contributed by atoms with Crippen LogP contribution >= 0.6 is 0 Å². The van der Waals surface area contributed by atoms with Crippen molar-refractivity contribution in [3.8, 4) is 0 Å². The first kappa shape index (κ1) is 17.0. The van der Waals surface area contributed by atoms with E-state index in [1.807, 2.05) is 0 Å². The molecule has 2 rings (SSSR count). The second-order valence-electron chi connectivity index (χ2n) is 4.46. The lowest BCUT2D eigenvalue weighted by Crippen LogP contribution is -2.18. The molecule has 124 valence electrons. The quantitative estimate of drug-likeness (QED) is 0.903. The first-order valence-electron chi connectivity index (χ1n) is 6.49. The van der Waals surface area contributed by atoms with Gasteiger partial charge in [-0.15, -0.1) is 5.10 Å². The van der Waals surface area contributed by atoms with Gasteiger partial charge >= 0.3 is 6.18 Å². The van der Waals surface area contributed by atoms with Crippen molar-refractivity contribution in [3.63, 3.8) is 0 Å². The standard InChI is InChI=1S/C13H13F3N4O2S/c1-2-20-12(9-17-19-20)23(21,22)18-11-6-4-3-5-10(11)7-8-13(14,15)16/h3-9,18H,2H2,1H3/b8-7+. The number of alkyl halides is 3. The SMILES string of the molecule is CCn1nncc1S(=O)(=O)Nc1ccccc1/C=C/C(F)(F)F. The highest BCUT2D eigenvalue weighted by molar-refractivity contribution is 7.92. The van der Waals surface area contributed by atoms with E-state index >= 15 is 0 Å². The van der Waals surface area contributed by atoms with Crippen molar-refractivity contribution in [2.24, 2.45) is 0 Å². The van der Waals surface area contributed by atoms with Gasteiger partial charge in [0.15, 0.2) is 5.03 Å². The van der Waals surface area contributed by atoms with Crippen LogP contribution < -0.4 is 4.72 Å². The number of sulfonamides is 1. The Bertz CT molecular complexity index is 813. The van der Waals surface area contributed by atoms with E-state index in [0.717, 1.165) is 17.0 Å². The highest BCUT2D eigenvalue weighted by Gasteiger charge is 2.23. The van der Waals surface area contributed by atoms with Crippen LogP contribution in [0.1, 0.15) is 12.5 Å². The van der Waals surface area contributed by atoms with E-state index < -0.39 is 16.2 Å². The van der Waals surface area contributed by atoms with Crippen LogP contribution in [0.25, 0.3) is 6.08 Å². The van der Waals surface area contributed by atoms with Gasteiger partial charge in [0.05, 0.1) is 11.9 Å². The van der Waals surface area contributed by atoms with Crippen molar-refractivity contribution in [3.05, 3.63) is 42.1 Å². The Balaban J connectivity index is 2.35. The summed E-state index contributed by atoms with van der Waals surface area (Å²) in [6.07, 6.45) is -2.58. The average molecular weight is 346 g/mol. The Morgan fingerprint density at radius 1 is 1.30 bits per heavy atom. The molecule has 23 heavy (non-hydrogen) atoms. The molecule has 1 aromatic carbocycles. The lowest BCUT2D eigenvalue weighted by molar-refractivity contribution is -0.0790. The number of hydrogen-bond donors (Lipinski definition) is 1. The molecule has 1 aromatic heterocycles. The van der Waals surface area contributed by atoms with Crippen molar-refractivity contribution in [1.82, 2.24) is 15.0 Å². The fourth-order valence-electron chi connectivity index (χ4n) is 1.79. The summed E-state index contributed by atoms with van der Waals surface area (Å²) in [5.41, 5.74) is 0.112. The zero-order valence-corrected chi connectivity index (χ0v) is 12.8. The molecule has 0 radical (unpaired) electrons. The molecular weight excluding hydrogens is 333 g/mol. The third-order valence-corrected chi connectivity index (χ3v) is 4.17. The first-order chi connectivity index (χ1) is 10.7. The molecule has 6 nitrogen and oxygen atoms in total. The third kappa shape index (κ3) is 4.31. The van der Waals surface area contributed by atoms with E-state index in [1.165, 1.54) is 24.3 Å². The smallest absolute Gasteiger partial charge is 0.278 e. The van der Waals surface area contributed by atoms with Gasteiger partial charge in [-0.05, 0) is 24.6 Å². The lowest BCUT2D eigenvalue weighted by atomic mass is 10.1. The summed E-state index contributed by atoms with van der Waals surface area (Å²) in [7, 11) is -4.02. The van der Waals surface area contributed by atoms with E-state index in [0.29, 0.717) is 0 Å². The zero-order chi connectivity index (χ0) is 17.1.